The fourth-order valence-electron chi connectivity index (χ4n) is 3.73. The third kappa shape index (κ3) is 3.02. The molecule has 1 saturated heterocycles. The lowest BCUT2D eigenvalue weighted by Crippen LogP contribution is -2.51. The van der Waals surface area contributed by atoms with Crippen LogP contribution in [0.25, 0.3) is 0 Å². The van der Waals surface area contributed by atoms with Crippen molar-refractivity contribution in [3.8, 4) is 0 Å². The van der Waals surface area contributed by atoms with Crippen LogP contribution in [0.1, 0.15) is 47.0 Å². The van der Waals surface area contributed by atoms with Gasteiger partial charge in [-0.2, -0.15) is 0 Å². The highest BCUT2D eigenvalue weighted by molar-refractivity contribution is 8.01. The number of ether oxygens (including phenoxy) is 1. The van der Waals surface area contributed by atoms with Crippen LogP contribution in [0.5, 0.6) is 0 Å². The molecule has 0 aromatic rings. The molecule has 1 aliphatic heterocycles. The first-order chi connectivity index (χ1) is 8.36. The number of esters is 1. The normalized spacial score (nSPS) is 38.9. The Bertz CT molecular complexity index is 332. The van der Waals surface area contributed by atoms with Gasteiger partial charge in [0.25, 0.3) is 0 Å². The van der Waals surface area contributed by atoms with Crippen LogP contribution >= 0.6 is 11.8 Å². The zero-order chi connectivity index (χ0) is 13.4. The minimum atomic E-state index is -0.115. The van der Waals surface area contributed by atoms with E-state index in [4.69, 9.17) is 4.74 Å². The highest BCUT2D eigenvalue weighted by Gasteiger charge is 2.49. The predicted octanol–water partition coefficient (Wildman–Crippen LogP) is 2.80. The van der Waals surface area contributed by atoms with Crippen molar-refractivity contribution in [2.24, 2.45) is 11.3 Å². The Kier molecular flexibility index (Phi) is 3.98. The van der Waals surface area contributed by atoms with Crippen LogP contribution in [0.2, 0.25) is 0 Å². The summed E-state index contributed by atoms with van der Waals surface area (Å²) in [5.74, 6) is 1.48. The van der Waals surface area contributed by atoms with Gasteiger partial charge >= 0.3 is 5.97 Å². The van der Waals surface area contributed by atoms with E-state index in [1.54, 1.807) is 0 Å². The molecule has 2 rings (SSSR count). The van der Waals surface area contributed by atoms with Crippen LogP contribution in [0.15, 0.2) is 0 Å². The van der Waals surface area contributed by atoms with Crippen LogP contribution in [0, 0.1) is 11.3 Å². The quantitative estimate of drug-likeness (QED) is 0.784. The minimum absolute atomic E-state index is 0.0853. The van der Waals surface area contributed by atoms with E-state index in [2.05, 4.69) is 26.1 Å². The van der Waals surface area contributed by atoms with Gasteiger partial charge in [-0.15, -0.1) is 11.8 Å². The summed E-state index contributed by atoms with van der Waals surface area (Å²) in [6, 6.07) is -0.115. The van der Waals surface area contributed by atoms with Gasteiger partial charge in [0, 0.05) is 5.75 Å². The van der Waals surface area contributed by atoms with Crippen molar-refractivity contribution in [3.63, 3.8) is 0 Å². The number of hydrogen-bond acceptors (Lipinski definition) is 4. The first-order valence-electron chi connectivity index (χ1n) is 6.94. The lowest BCUT2D eigenvalue weighted by molar-refractivity contribution is -0.145. The average molecular weight is 271 g/mol. The van der Waals surface area contributed by atoms with E-state index >= 15 is 0 Å². The van der Waals surface area contributed by atoms with Gasteiger partial charge in [0.05, 0.1) is 11.5 Å². The molecule has 0 aromatic heterocycles. The number of carbonyl (C=O) groups excluding carboxylic acids is 1. The van der Waals surface area contributed by atoms with Gasteiger partial charge in [0.2, 0.25) is 0 Å². The Labute approximate surface area is 114 Å². The molecule has 1 saturated carbocycles. The predicted molar refractivity (Wildman–Crippen MR) is 75.5 cm³/mol. The molecule has 104 valence electrons. The molecule has 0 aromatic carbocycles. The molecule has 3 nitrogen and oxygen atoms in total. The summed E-state index contributed by atoms with van der Waals surface area (Å²) in [4.78, 5) is 11.9. The molecule has 0 bridgehead atoms. The summed E-state index contributed by atoms with van der Waals surface area (Å²) in [6.07, 6.45) is 3.59. The highest BCUT2D eigenvalue weighted by Crippen LogP contribution is 2.51. The SMILES string of the molecule is CCOC(=O)[C@@H]1CS[C@@]2(C[C@H](C)CC(C)(C)C2)N1. The summed E-state index contributed by atoms with van der Waals surface area (Å²) in [5.41, 5.74) is 0.362. The van der Waals surface area contributed by atoms with Gasteiger partial charge in [-0.1, -0.05) is 20.8 Å². The highest BCUT2D eigenvalue weighted by atomic mass is 32.2. The molecule has 1 heterocycles. The molecule has 1 spiro atoms. The van der Waals surface area contributed by atoms with Crippen LogP contribution in [-0.2, 0) is 9.53 Å². The molecule has 2 fully saturated rings. The summed E-state index contributed by atoms with van der Waals surface area (Å²) < 4.78 is 5.12. The monoisotopic (exact) mass is 271 g/mol. The molecule has 1 aliphatic carbocycles. The van der Waals surface area contributed by atoms with Gasteiger partial charge < -0.3 is 4.74 Å². The summed E-state index contributed by atoms with van der Waals surface area (Å²) in [7, 11) is 0. The van der Waals surface area contributed by atoms with Gasteiger partial charge in [0.1, 0.15) is 6.04 Å². The van der Waals surface area contributed by atoms with Gasteiger partial charge in [-0.05, 0) is 37.5 Å². The van der Waals surface area contributed by atoms with Gasteiger partial charge in [0.15, 0.2) is 0 Å². The molecule has 0 radical (unpaired) electrons. The number of nitrogens with one attached hydrogen (secondary N) is 1. The molecule has 0 amide bonds. The number of rotatable bonds is 2. The summed E-state index contributed by atoms with van der Waals surface area (Å²) in [5, 5.41) is 3.57. The standard InChI is InChI=1S/C14H25NO2S/c1-5-17-12(16)11-8-18-14(15-11)7-10(2)6-13(3,4)9-14/h10-11,15H,5-9H2,1-4H3/t10-,11+,14-/m1/s1. The van der Waals surface area contributed by atoms with E-state index in [-0.39, 0.29) is 16.9 Å². The molecule has 1 N–H and O–H groups in total. The van der Waals surface area contributed by atoms with Crippen molar-refractivity contribution in [2.45, 2.75) is 57.9 Å². The summed E-state index contributed by atoms with van der Waals surface area (Å²) >= 11 is 1.92. The third-order valence-corrected chi connectivity index (χ3v) is 5.36. The Morgan fingerprint density at radius 1 is 1.44 bits per heavy atom. The average Bonchev–Trinajstić information content (AvgIpc) is 2.58. The maximum atomic E-state index is 11.8. The van der Waals surface area contributed by atoms with Crippen molar-refractivity contribution in [3.05, 3.63) is 0 Å². The van der Waals surface area contributed by atoms with Crippen molar-refractivity contribution >= 4 is 17.7 Å². The topological polar surface area (TPSA) is 38.3 Å². The minimum Gasteiger partial charge on any atom is -0.465 e. The van der Waals surface area contributed by atoms with Crippen molar-refractivity contribution < 1.29 is 9.53 Å². The van der Waals surface area contributed by atoms with Crippen LogP contribution < -0.4 is 5.32 Å². The molecular formula is C14H25NO2S. The Morgan fingerprint density at radius 2 is 2.17 bits per heavy atom. The second-order valence-corrected chi connectivity index (χ2v) is 8.01. The lowest BCUT2D eigenvalue weighted by atomic mass is 9.70. The fraction of sp³-hybridized carbons (Fsp3) is 0.929. The largest absolute Gasteiger partial charge is 0.465 e. The third-order valence-electron chi connectivity index (χ3n) is 3.88. The number of thioether (sulfide) groups is 1. The summed E-state index contributed by atoms with van der Waals surface area (Å²) in [6.45, 7) is 9.33. The maximum Gasteiger partial charge on any atom is 0.324 e. The van der Waals surface area contributed by atoms with E-state index in [9.17, 15) is 4.79 Å². The molecule has 0 unspecified atom stereocenters. The van der Waals surface area contributed by atoms with Crippen LogP contribution in [0.3, 0.4) is 0 Å². The zero-order valence-corrected chi connectivity index (χ0v) is 12.7. The zero-order valence-electron chi connectivity index (χ0n) is 11.9. The first kappa shape index (κ1) is 14.2. The van der Waals surface area contributed by atoms with Crippen LogP contribution in [0.4, 0.5) is 0 Å². The van der Waals surface area contributed by atoms with Crippen molar-refractivity contribution in [1.29, 1.82) is 0 Å². The first-order valence-corrected chi connectivity index (χ1v) is 7.93. The molecule has 3 atom stereocenters. The molecule has 18 heavy (non-hydrogen) atoms. The van der Waals surface area contributed by atoms with E-state index in [0.29, 0.717) is 12.0 Å². The fourth-order valence-corrected chi connectivity index (χ4v) is 5.56. The molecular weight excluding hydrogens is 246 g/mol. The smallest absolute Gasteiger partial charge is 0.324 e. The Balaban J connectivity index is 2.03. The molecule has 2 aliphatic rings. The lowest BCUT2D eigenvalue weighted by Gasteiger charge is -2.45. The second-order valence-electron chi connectivity index (χ2n) is 6.61. The number of hydrogen-bond donors (Lipinski definition) is 1. The molecule has 4 heteroatoms. The van der Waals surface area contributed by atoms with E-state index in [1.165, 1.54) is 6.42 Å². The van der Waals surface area contributed by atoms with Gasteiger partial charge in [-0.3, -0.25) is 10.1 Å². The van der Waals surface area contributed by atoms with Crippen LogP contribution in [-0.4, -0.2) is 29.2 Å². The Hall–Kier alpha value is -0.220. The van der Waals surface area contributed by atoms with Crippen molar-refractivity contribution in [2.75, 3.05) is 12.4 Å². The number of carbonyl (C=O) groups is 1. The van der Waals surface area contributed by atoms with E-state index in [0.717, 1.165) is 24.5 Å². The Morgan fingerprint density at radius 3 is 2.78 bits per heavy atom. The van der Waals surface area contributed by atoms with Crippen molar-refractivity contribution in [1.82, 2.24) is 5.32 Å². The van der Waals surface area contributed by atoms with E-state index in [1.807, 2.05) is 18.7 Å². The second kappa shape index (κ2) is 5.04. The maximum absolute atomic E-state index is 11.8. The van der Waals surface area contributed by atoms with E-state index < -0.39 is 0 Å². The van der Waals surface area contributed by atoms with Gasteiger partial charge in [-0.25, -0.2) is 0 Å².